The Kier molecular flexibility index (Phi) is 6.84. The summed E-state index contributed by atoms with van der Waals surface area (Å²) in [5, 5.41) is 2.17. The Morgan fingerprint density at radius 1 is 0.921 bits per heavy atom. The zero-order chi connectivity index (χ0) is 26.2. The zero-order valence-electron chi connectivity index (χ0n) is 21.9. The molecule has 0 saturated carbocycles. The van der Waals surface area contributed by atoms with Crippen molar-refractivity contribution >= 4 is 23.2 Å². The van der Waals surface area contributed by atoms with Gasteiger partial charge < -0.3 is 19.3 Å². The van der Waals surface area contributed by atoms with Gasteiger partial charge in [-0.25, -0.2) is 0 Å². The van der Waals surface area contributed by atoms with E-state index in [0.717, 1.165) is 19.4 Å². The van der Waals surface area contributed by atoms with Crippen LogP contribution in [0.1, 0.15) is 51.3 Å². The van der Waals surface area contributed by atoms with Gasteiger partial charge in [-0.1, -0.05) is 24.3 Å². The maximum absolute atomic E-state index is 13.9. The molecule has 0 radical (unpaired) electrons. The number of benzene rings is 2. The molecule has 3 aliphatic rings. The van der Waals surface area contributed by atoms with Crippen molar-refractivity contribution in [1.29, 1.82) is 0 Å². The van der Waals surface area contributed by atoms with E-state index in [4.69, 9.17) is 9.47 Å². The number of amides is 2. The molecule has 2 aromatic carbocycles. The first-order valence-electron chi connectivity index (χ1n) is 13.4. The lowest BCUT2D eigenvalue weighted by atomic mass is 9.89. The Morgan fingerprint density at radius 3 is 2.58 bits per heavy atom. The van der Waals surface area contributed by atoms with Gasteiger partial charge in [0.05, 0.1) is 12.1 Å². The van der Waals surface area contributed by atoms with Gasteiger partial charge in [-0.05, 0) is 73.0 Å². The number of hydrogen-bond acceptors (Lipinski definition) is 6. The van der Waals surface area contributed by atoms with Crippen molar-refractivity contribution in [2.24, 2.45) is 0 Å². The van der Waals surface area contributed by atoms with Crippen LogP contribution in [0.25, 0.3) is 0 Å². The van der Waals surface area contributed by atoms with Crippen molar-refractivity contribution in [3.05, 3.63) is 81.0 Å². The van der Waals surface area contributed by atoms with Crippen LogP contribution in [0.15, 0.2) is 53.9 Å². The quantitative estimate of drug-likeness (QED) is 0.496. The highest BCUT2D eigenvalue weighted by molar-refractivity contribution is 7.10. The van der Waals surface area contributed by atoms with E-state index < -0.39 is 0 Å². The lowest BCUT2D eigenvalue weighted by molar-refractivity contribution is -0.137. The molecule has 0 N–H and O–H groups in total. The van der Waals surface area contributed by atoms with E-state index in [1.54, 1.807) is 18.2 Å². The second-order valence-corrected chi connectivity index (χ2v) is 11.3. The SMILES string of the molecule is Cc1ccccc1[C@H]1c2ccsc2CCN1[C@@H](C)C(=O)N1CCCN(C(=O)c2ccc3c(c2)OCO3)CC1. The van der Waals surface area contributed by atoms with E-state index in [-0.39, 0.29) is 30.7 Å². The van der Waals surface area contributed by atoms with Crippen LogP contribution in [0.3, 0.4) is 0 Å². The van der Waals surface area contributed by atoms with Gasteiger partial charge >= 0.3 is 0 Å². The Balaban J connectivity index is 1.17. The number of carbonyl (C=O) groups excluding carboxylic acids is 2. The summed E-state index contributed by atoms with van der Waals surface area (Å²) in [5.41, 5.74) is 4.42. The first-order valence-corrected chi connectivity index (χ1v) is 14.2. The van der Waals surface area contributed by atoms with Crippen molar-refractivity contribution < 1.29 is 19.1 Å². The smallest absolute Gasteiger partial charge is 0.254 e. The van der Waals surface area contributed by atoms with Crippen molar-refractivity contribution in [2.45, 2.75) is 38.8 Å². The average Bonchev–Trinajstić information content (AvgIpc) is 3.55. The fourth-order valence-electron chi connectivity index (χ4n) is 5.95. The van der Waals surface area contributed by atoms with Gasteiger partial charge in [-0.2, -0.15) is 0 Å². The molecule has 1 saturated heterocycles. The van der Waals surface area contributed by atoms with Gasteiger partial charge in [-0.15, -0.1) is 11.3 Å². The van der Waals surface area contributed by atoms with Gasteiger partial charge in [0.15, 0.2) is 11.5 Å². The normalized spacial score (nSPS) is 20.1. The lowest BCUT2D eigenvalue weighted by Crippen LogP contribution is -2.51. The summed E-state index contributed by atoms with van der Waals surface area (Å²) in [6, 6.07) is 15.9. The number of fused-ring (bicyclic) bond motifs is 2. The third-order valence-corrected chi connectivity index (χ3v) is 9.05. The molecular weight excluding hydrogens is 498 g/mol. The van der Waals surface area contributed by atoms with Crippen LogP contribution in [0, 0.1) is 6.92 Å². The molecule has 2 atom stereocenters. The van der Waals surface area contributed by atoms with Crippen LogP contribution in [-0.2, 0) is 11.2 Å². The second kappa shape index (κ2) is 10.4. The molecule has 0 bridgehead atoms. The largest absolute Gasteiger partial charge is 0.454 e. The number of rotatable bonds is 4. The second-order valence-electron chi connectivity index (χ2n) is 10.3. The summed E-state index contributed by atoms with van der Waals surface area (Å²) in [6.07, 6.45) is 1.72. The molecule has 6 rings (SSSR count). The Hall–Kier alpha value is -3.36. The van der Waals surface area contributed by atoms with Crippen LogP contribution >= 0.6 is 11.3 Å². The highest BCUT2D eigenvalue weighted by atomic mass is 32.1. The van der Waals surface area contributed by atoms with E-state index >= 15 is 0 Å². The van der Waals surface area contributed by atoms with Crippen LogP contribution in [0.5, 0.6) is 11.5 Å². The van der Waals surface area contributed by atoms with Gasteiger partial charge in [0.2, 0.25) is 12.7 Å². The van der Waals surface area contributed by atoms with Crippen LogP contribution in [0.4, 0.5) is 0 Å². The van der Waals surface area contributed by atoms with E-state index in [0.29, 0.717) is 43.2 Å². The monoisotopic (exact) mass is 531 g/mol. The number of aryl methyl sites for hydroxylation is 1. The first-order chi connectivity index (χ1) is 18.5. The minimum absolute atomic E-state index is 0.0359. The highest BCUT2D eigenvalue weighted by Gasteiger charge is 2.37. The van der Waals surface area contributed by atoms with Crippen molar-refractivity contribution in [3.8, 4) is 11.5 Å². The Morgan fingerprint density at radius 2 is 1.71 bits per heavy atom. The zero-order valence-corrected chi connectivity index (χ0v) is 22.7. The van der Waals surface area contributed by atoms with Crippen LogP contribution in [0.2, 0.25) is 0 Å². The average molecular weight is 532 g/mol. The minimum Gasteiger partial charge on any atom is -0.454 e. The van der Waals surface area contributed by atoms with Crippen molar-refractivity contribution in [3.63, 3.8) is 0 Å². The highest BCUT2D eigenvalue weighted by Crippen LogP contribution is 2.40. The third-order valence-electron chi connectivity index (χ3n) is 8.06. The van der Waals surface area contributed by atoms with E-state index in [9.17, 15) is 9.59 Å². The molecule has 3 aliphatic heterocycles. The molecular formula is C30H33N3O4S. The summed E-state index contributed by atoms with van der Waals surface area (Å²) >= 11 is 1.82. The summed E-state index contributed by atoms with van der Waals surface area (Å²) in [6.45, 7) is 7.56. The lowest BCUT2D eigenvalue weighted by Gasteiger charge is -2.41. The predicted molar refractivity (Wildman–Crippen MR) is 147 cm³/mol. The molecule has 2 amide bonds. The third kappa shape index (κ3) is 4.56. The molecule has 4 heterocycles. The molecule has 3 aromatic rings. The molecule has 1 aromatic heterocycles. The predicted octanol–water partition coefficient (Wildman–Crippen LogP) is 4.50. The van der Waals surface area contributed by atoms with E-state index in [2.05, 4.69) is 47.5 Å². The molecule has 7 nitrogen and oxygen atoms in total. The fraction of sp³-hybridized carbons (Fsp3) is 0.400. The summed E-state index contributed by atoms with van der Waals surface area (Å²) in [4.78, 5) is 34.7. The Labute approximate surface area is 227 Å². The number of carbonyl (C=O) groups is 2. The molecule has 0 unspecified atom stereocenters. The maximum atomic E-state index is 13.9. The van der Waals surface area contributed by atoms with Crippen molar-refractivity contribution in [1.82, 2.24) is 14.7 Å². The van der Waals surface area contributed by atoms with Gasteiger partial charge in [0.25, 0.3) is 5.91 Å². The number of thiophene rings is 1. The molecule has 0 aliphatic carbocycles. The van der Waals surface area contributed by atoms with Gasteiger partial charge in [0.1, 0.15) is 0 Å². The standard InChI is InChI=1S/C30H33N3O4S/c1-20-6-3-4-7-23(20)28-24-11-17-38-27(24)10-14-33(28)21(2)29(34)31-12-5-13-32(16-15-31)30(35)22-8-9-25-26(18-22)37-19-36-25/h3-4,6-9,11,17-18,21,28H,5,10,12-16,19H2,1-2H3/t21-,28-/m0/s1. The summed E-state index contributed by atoms with van der Waals surface area (Å²) < 4.78 is 10.8. The van der Waals surface area contributed by atoms with Gasteiger partial charge in [-0.3, -0.25) is 14.5 Å². The van der Waals surface area contributed by atoms with E-state index in [1.807, 2.05) is 28.1 Å². The molecule has 38 heavy (non-hydrogen) atoms. The van der Waals surface area contributed by atoms with Gasteiger partial charge in [0, 0.05) is 43.2 Å². The molecule has 198 valence electrons. The number of ether oxygens (including phenoxy) is 2. The van der Waals surface area contributed by atoms with Crippen LogP contribution < -0.4 is 9.47 Å². The number of hydrogen-bond donors (Lipinski definition) is 0. The van der Waals surface area contributed by atoms with Crippen LogP contribution in [-0.4, -0.2) is 72.1 Å². The maximum Gasteiger partial charge on any atom is 0.254 e. The molecule has 0 spiro atoms. The molecule has 8 heteroatoms. The summed E-state index contributed by atoms with van der Waals surface area (Å²) in [5.74, 6) is 1.38. The Bertz CT molecular complexity index is 1350. The minimum atomic E-state index is -0.260. The fourth-order valence-corrected chi connectivity index (χ4v) is 6.86. The number of nitrogens with zero attached hydrogens (tertiary/aromatic N) is 3. The first kappa shape index (κ1) is 24.9. The van der Waals surface area contributed by atoms with E-state index in [1.165, 1.54) is 21.6 Å². The summed E-state index contributed by atoms with van der Waals surface area (Å²) in [7, 11) is 0. The molecule has 1 fully saturated rings. The topological polar surface area (TPSA) is 62.3 Å². The van der Waals surface area contributed by atoms with Crippen molar-refractivity contribution in [2.75, 3.05) is 39.5 Å².